The second kappa shape index (κ2) is 8.44. The SMILES string of the molecule is O=C1[C@@H]2[C@H]3C=C[C@@H]([C@@H]4C[C@@H]34)[C@@H]2C(=O)N1N=Cc1cc(I)c(OCc2ccc(Br)cc2)c(I)c1. The number of halogens is 3. The summed E-state index contributed by atoms with van der Waals surface area (Å²) in [6.45, 7) is 0.477. The first-order valence-corrected chi connectivity index (χ1v) is 13.8. The number of amides is 2. The van der Waals surface area contributed by atoms with E-state index in [1.54, 1.807) is 6.21 Å². The summed E-state index contributed by atoms with van der Waals surface area (Å²) in [6, 6.07) is 12.0. The van der Waals surface area contributed by atoms with E-state index in [2.05, 4.69) is 78.4 Å². The van der Waals surface area contributed by atoms with Crippen LogP contribution in [0.4, 0.5) is 0 Å². The quantitative estimate of drug-likeness (QED) is 0.174. The highest BCUT2D eigenvalue weighted by Crippen LogP contribution is 2.65. The molecule has 2 amide bonds. The van der Waals surface area contributed by atoms with Gasteiger partial charge in [-0.1, -0.05) is 40.2 Å². The topological polar surface area (TPSA) is 59.0 Å². The molecule has 1 aliphatic heterocycles. The maximum Gasteiger partial charge on any atom is 0.254 e. The maximum absolute atomic E-state index is 13.1. The summed E-state index contributed by atoms with van der Waals surface area (Å²) >= 11 is 7.94. The predicted octanol–water partition coefficient (Wildman–Crippen LogP) is 5.62. The van der Waals surface area contributed by atoms with E-state index >= 15 is 0 Å². The minimum atomic E-state index is -0.219. The minimum absolute atomic E-state index is 0.134. The Morgan fingerprint density at radius 1 is 1.00 bits per heavy atom. The Morgan fingerprint density at radius 2 is 1.58 bits per heavy atom. The van der Waals surface area contributed by atoms with Crippen molar-refractivity contribution in [1.29, 1.82) is 0 Å². The molecule has 5 nitrogen and oxygen atoms in total. The lowest BCUT2D eigenvalue weighted by Crippen LogP contribution is -2.40. The first-order valence-electron chi connectivity index (χ1n) is 10.9. The Bertz CT molecular complexity index is 1170. The number of rotatable bonds is 5. The standard InChI is InChI=1S/C25H19BrI2N2O3/c26-14-3-1-12(2-4-14)11-33-23-19(27)7-13(8-20(23)28)10-29-30-24(31)21-15-5-6-16(18-9-17(15)18)22(21)25(30)32/h1-8,10,15-18,21-22H,9,11H2/t15-,16-,17-,18-,21-,22+/m0/s1. The van der Waals surface area contributed by atoms with Crippen LogP contribution in [0, 0.1) is 42.6 Å². The molecule has 2 aromatic carbocycles. The van der Waals surface area contributed by atoms with Gasteiger partial charge in [0, 0.05) is 4.47 Å². The summed E-state index contributed by atoms with van der Waals surface area (Å²) in [6.07, 6.45) is 7.13. The van der Waals surface area contributed by atoms with Crippen LogP contribution in [0.3, 0.4) is 0 Å². The Balaban J connectivity index is 1.18. The van der Waals surface area contributed by atoms with Gasteiger partial charge in [-0.3, -0.25) is 9.59 Å². The lowest BCUT2D eigenvalue weighted by atomic mass is 9.63. The third-order valence-electron chi connectivity index (χ3n) is 7.28. The van der Waals surface area contributed by atoms with Crippen molar-refractivity contribution in [1.82, 2.24) is 5.01 Å². The zero-order valence-electron chi connectivity index (χ0n) is 17.3. The van der Waals surface area contributed by atoms with Crippen LogP contribution in [0.2, 0.25) is 0 Å². The van der Waals surface area contributed by atoms with Crippen molar-refractivity contribution in [3.05, 3.63) is 71.3 Å². The van der Waals surface area contributed by atoms with Crippen LogP contribution >= 0.6 is 61.1 Å². The van der Waals surface area contributed by atoms with Crippen molar-refractivity contribution >= 4 is 79.1 Å². The van der Waals surface area contributed by atoms with Crippen molar-refractivity contribution < 1.29 is 14.3 Å². The van der Waals surface area contributed by atoms with E-state index in [1.165, 1.54) is 0 Å². The van der Waals surface area contributed by atoms with Gasteiger partial charge >= 0.3 is 0 Å². The van der Waals surface area contributed by atoms with E-state index in [0.29, 0.717) is 18.4 Å². The molecule has 4 aliphatic carbocycles. The fourth-order valence-corrected chi connectivity index (χ4v) is 8.10. The smallest absolute Gasteiger partial charge is 0.254 e. The number of benzene rings is 2. The fourth-order valence-electron chi connectivity index (χ4n) is 5.71. The number of allylic oxidation sites excluding steroid dienone is 2. The van der Waals surface area contributed by atoms with Crippen molar-refractivity contribution in [3.63, 3.8) is 0 Å². The molecule has 6 atom stereocenters. The van der Waals surface area contributed by atoms with Crippen molar-refractivity contribution in [2.24, 2.45) is 40.6 Å². The van der Waals surface area contributed by atoms with Crippen molar-refractivity contribution in [2.75, 3.05) is 0 Å². The summed E-state index contributed by atoms with van der Waals surface area (Å²) in [7, 11) is 0. The van der Waals surface area contributed by atoms with Gasteiger partial charge in [0.15, 0.2) is 0 Å². The third kappa shape index (κ3) is 3.80. The van der Waals surface area contributed by atoms with Crippen LogP contribution in [0.1, 0.15) is 17.5 Å². The van der Waals surface area contributed by atoms with Crippen LogP contribution in [0.25, 0.3) is 0 Å². The third-order valence-corrected chi connectivity index (χ3v) is 9.41. The van der Waals surface area contributed by atoms with Crippen LogP contribution < -0.4 is 4.74 Å². The molecule has 0 spiro atoms. The highest BCUT2D eigenvalue weighted by molar-refractivity contribution is 14.1. The van der Waals surface area contributed by atoms with Gasteiger partial charge in [0.25, 0.3) is 11.8 Å². The van der Waals surface area contributed by atoms with Crippen molar-refractivity contribution in [2.45, 2.75) is 13.0 Å². The summed E-state index contributed by atoms with van der Waals surface area (Å²) in [5, 5.41) is 5.49. The van der Waals surface area contributed by atoms with Gasteiger partial charge < -0.3 is 4.74 Å². The van der Waals surface area contributed by atoms with Crippen LogP contribution in [-0.2, 0) is 16.2 Å². The molecule has 5 aliphatic rings. The Kier molecular flexibility index (Phi) is 5.68. The molecular weight excluding hydrogens is 710 g/mol. The molecule has 0 aromatic heterocycles. The number of imide groups is 1. The molecule has 0 unspecified atom stereocenters. The molecule has 1 saturated heterocycles. The molecule has 168 valence electrons. The molecule has 33 heavy (non-hydrogen) atoms. The zero-order chi connectivity index (χ0) is 22.9. The number of carbonyl (C=O) groups is 2. The van der Waals surface area contributed by atoms with E-state index in [1.807, 2.05) is 36.4 Å². The molecule has 2 bridgehead atoms. The summed E-state index contributed by atoms with van der Waals surface area (Å²) in [5.41, 5.74) is 1.92. The lowest BCUT2D eigenvalue weighted by Gasteiger charge is -2.37. The molecule has 7 rings (SSSR count). The van der Waals surface area contributed by atoms with E-state index in [4.69, 9.17) is 4.74 Å². The van der Waals surface area contributed by atoms with Gasteiger partial charge in [-0.2, -0.15) is 10.1 Å². The number of ether oxygens (including phenoxy) is 1. The molecular formula is C25H19BrI2N2O3. The van der Waals surface area contributed by atoms with Gasteiger partial charge in [0.05, 0.1) is 25.2 Å². The number of nitrogens with zero attached hydrogens (tertiary/aromatic N) is 2. The first-order chi connectivity index (χ1) is 15.9. The largest absolute Gasteiger partial charge is 0.487 e. The Morgan fingerprint density at radius 3 is 2.15 bits per heavy atom. The van der Waals surface area contributed by atoms with E-state index < -0.39 is 0 Å². The van der Waals surface area contributed by atoms with Gasteiger partial charge in [0.2, 0.25) is 0 Å². The van der Waals surface area contributed by atoms with Crippen LogP contribution in [0.15, 0.2) is 58.1 Å². The summed E-state index contributed by atoms with van der Waals surface area (Å²) < 4.78 is 9.01. The molecule has 3 fully saturated rings. The summed E-state index contributed by atoms with van der Waals surface area (Å²) in [5.74, 6) is 1.72. The fraction of sp³-hybridized carbons (Fsp3) is 0.320. The molecule has 8 heteroatoms. The molecule has 2 aromatic rings. The number of hydrogen-bond acceptors (Lipinski definition) is 4. The second-order valence-corrected chi connectivity index (χ2v) is 12.4. The van der Waals surface area contributed by atoms with Crippen LogP contribution in [-0.4, -0.2) is 23.0 Å². The van der Waals surface area contributed by atoms with Crippen molar-refractivity contribution in [3.8, 4) is 5.75 Å². The second-order valence-electron chi connectivity index (χ2n) is 9.12. The van der Waals surface area contributed by atoms with E-state index in [-0.39, 0.29) is 35.5 Å². The van der Waals surface area contributed by atoms with E-state index in [0.717, 1.165) is 39.9 Å². The van der Waals surface area contributed by atoms with E-state index in [9.17, 15) is 9.59 Å². The Labute approximate surface area is 227 Å². The molecule has 0 N–H and O–H groups in total. The highest BCUT2D eigenvalue weighted by Gasteiger charge is 2.67. The van der Waals surface area contributed by atoms with Gasteiger partial charge in [-0.05, 0) is 111 Å². The summed E-state index contributed by atoms with van der Waals surface area (Å²) in [4.78, 5) is 26.2. The first kappa shape index (κ1) is 22.2. The van der Waals surface area contributed by atoms with Crippen LogP contribution in [0.5, 0.6) is 5.75 Å². The molecule has 0 radical (unpaired) electrons. The number of hydrazone groups is 1. The number of hydrogen-bond donors (Lipinski definition) is 0. The normalized spacial score (nSPS) is 31.3. The Hall–Kier alpha value is -1.27. The average molecular weight is 729 g/mol. The highest BCUT2D eigenvalue weighted by atomic mass is 127. The predicted molar refractivity (Wildman–Crippen MR) is 144 cm³/mol. The van der Waals surface area contributed by atoms with Gasteiger partial charge in [-0.25, -0.2) is 0 Å². The van der Waals surface area contributed by atoms with Gasteiger partial charge in [0.1, 0.15) is 12.4 Å². The number of carbonyl (C=O) groups excluding carboxylic acids is 2. The maximum atomic E-state index is 13.1. The van der Waals surface area contributed by atoms with Gasteiger partial charge in [-0.15, -0.1) is 0 Å². The monoisotopic (exact) mass is 728 g/mol. The zero-order valence-corrected chi connectivity index (χ0v) is 23.2. The average Bonchev–Trinajstić information content (AvgIpc) is 3.57. The molecule has 1 heterocycles. The minimum Gasteiger partial charge on any atom is -0.487 e. The lowest BCUT2D eigenvalue weighted by molar-refractivity contribution is -0.140. The molecule has 2 saturated carbocycles.